The van der Waals surface area contributed by atoms with Crippen molar-refractivity contribution in [2.45, 2.75) is 6.42 Å². The molecule has 1 aromatic rings. The van der Waals surface area contributed by atoms with E-state index in [0.29, 0.717) is 0 Å². The fraction of sp³-hybridized carbons (Fsp3) is 0.167. The van der Waals surface area contributed by atoms with Gasteiger partial charge >= 0.3 is 0 Å². The molecule has 0 unspecified atom stereocenters. The fourth-order valence-corrected chi connectivity index (χ4v) is 1.90. The van der Waals surface area contributed by atoms with Crippen molar-refractivity contribution in [3.8, 4) is 0 Å². The Kier molecular flexibility index (Phi) is 1.88. The molecule has 2 aliphatic heterocycles. The third kappa shape index (κ3) is 1.36. The Hall–Kier alpha value is -1.90. The normalized spacial score (nSPS) is 17.9. The van der Waals surface area contributed by atoms with E-state index in [4.69, 9.17) is 0 Å². The average Bonchev–Trinajstić information content (AvgIpc) is 2.48. The molecule has 0 spiro atoms. The molecular weight excluding hydrogens is 186 g/mol. The van der Waals surface area contributed by atoms with Crippen LogP contribution in [0, 0.1) is 0 Å². The zero-order chi connectivity index (χ0) is 10.1. The van der Waals surface area contributed by atoms with E-state index in [-0.39, 0.29) is 0 Å². The second-order valence-electron chi connectivity index (χ2n) is 3.56. The molecule has 0 bridgehead atoms. The van der Waals surface area contributed by atoms with Gasteiger partial charge in [0.15, 0.2) is 0 Å². The van der Waals surface area contributed by atoms with E-state index in [9.17, 15) is 0 Å². The van der Waals surface area contributed by atoms with Crippen LogP contribution in [0.5, 0.6) is 0 Å². The molecule has 2 aliphatic rings. The number of rotatable bonds is 0. The van der Waals surface area contributed by atoms with Crippen molar-refractivity contribution in [2.24, 2.45) is 4.99 Å². The summed E-state index contributed by atoms with van der Waals surface area (Å²) in [7, 11) is 0. The lowest BCUT2D eigenvalue weighted by molar-refractivity contribution is 0.827. The Balaban J connectivity index is 2.43. The molecule has 0 saturated heterocycles. The van der Waals surface area contributed by atoms with Crippen LogP contribution in [0.15, 0.2) is 35.1 Å². The van der Waals surface area contributed by atoms with Crippen molar-refractivity contribution in [1.82, 2.24) is 10.3 Å². The summed E-state index contributed by atoms with van der Waals surface area (Å²) < 4.78 is 0. The smallest absolute Gasteiger partial charge is 0.0828 e. The predicted molar refractivity (Wildman–Crippen MR) is 60.6 cm³/mol. The minimum atomic E-state index is 0.975. The molecule has 74 valence electrons. The highest BCUT2D eigenvalue weighted by atomic mass is 14.9. The summed E-state index contributed by atoms with van der Waals surface area (Å²) in [4.78, 5) is 8.74. The molecule has 0 aliphatic carbocycles. The molecule has 0 fully saturated rings. The van der Waals surface area contributed by atoms with E-state index < -0.39 is 0 Å². The summed E-state index contributed by atoms with van der Waals surface area (Å²) >= 11 is 0. The zero-order valence-electron chi connectivity index (χ0n) is 8.27. The average molecular weight is 197 g/mol. The molecule has 0 atom stereocenters. The standard InChI is InChI=1S/C12H11N3/c1-3-9-10(13-6-1)5-8-14-11-4-2-7-15-12(9)11/h1,3-6,8,15H,2,7H2. The summed E-state index contributed by atoms with van der Waals surface area (Å²) in [5.74, 6) is 0. The van der Waals surface area contributed by atoms with Gasteiger partial charge in [0.05, 0.1) is 16.7 Å². The molecular formula is C12H11N3. The van der Waals surface area contributed by atoms with Crippen LogP contribution < -0.4 is 15.9 Å². The number of aromatic nitrogens is 1. The largest absolute Gasteiger partial charge is 0.382 e. The molecule has 1 aromatic heterocycles. The summed E-state index contributed by atoms with van der Waals surface area (Å²) in [5, 5.41) is 5.51. The van der Waals surface area contributed by atoms with E-state index in [2.05, 4.69) is 27.4 Å². The first-order valence-electron chi connectivity index (χ1n) is 5.09. The van der Waals surface area contributed by atoms with Gasteiger partial charge in [0.1, 0.15) is 0 Å². The lowest BCUT2D eigenvalue weighted by Crippen LogP contribution is -2.35. The van der Waals surface area contributed by atoms with Gasteiger partial charge < -0.3 is 5.32 Å². The van der Waals surface area contributed by atoms with Gasteiger partial charge in [-0.25, -0.2) is 0 Å². The highest BCUT2D eigenvalue weighted by Gasteiger charge is 2.10. The number of nitrogens with one attached hydrogen (secondary N) is 1. The van der Waals surface area contributed by atoms with Gasteiger partial charge in [0, 0.05) is 24.2 Å². The Labute approximate surface area is 87.6 Å². The van der Waals surface area contributed by atoms with Crippen molar-refractivity contribution in [3.63, 3.8) is 0 Å². The molecule has 3 heteroatoms. The Morgan fingerprint density at radius 2 is 2.33 bits per heavy atom. The molecule has 0 saturated carbocycles. The van der Waals surface area contributed by atoms with Crippen molar-refractivity contribution < 1.29 is 0 Å². The quantitative estimate of drug-likeness (QED) is 0.632. The van der Waals surface area contributed by atoms with Crippen molar-refractivity contribution >= 4 is 18.0 Å². The van der Waals surface area contributed by atoms with Crippen LogP contribution in [-0.2, 0) is 0 Å². The summed E-state index contributed by atoms with van der Waals surface area (Å²) in [5.41, 5.74) is 2.14. The van der Waals surface area contributed by atoms with Crippen LogP contribution in [0.25, 0.3) is 11.8 Å². The Morgan fingerprint density at radius 3 is 3.33 bits per heavy atom. The monoisotopic (exact) mass is 197 g/mol. The minimum absolute atomic E-state index is 0.975. The molecule has 0 amide bonds. The number of fused-ring (bicyclic) bond motifs is 2. The van der Waals surface area contributed by atoms with Crippen LogP contribution >= 0.6 is 0 Å². The first kappa shape index (κ1) is 8.41. The van der Waals surface area contributed by atoms with Gasteiger partial charge in [-0.15, -0.1) is 0 Å². The van der Waals surface area contributed by atoms with Crippen molar-refractivity contribution in [2.75, 3.05) is 6.54 Å². The van der Waals surface area contributed by atoms with Gasteiger partial charge in [0.2, 0.25) is 0 Å². The SMILES string of the molecule is C1=NC2=CCCNC2=c2cccnc2=C1. The molecule has 15 heavy (non-hydrogen) atoms. The van der Waals surface area contributed by atoms with Gasteiger partial charge in [-0.1, -0.05) is 6.08 Å². The van der Waals surface area contributed by atoms with Crippen LogP contribution in [0.4, 0.5) is 0 Å². The van der Waals surface area contributed by atoms with E-state index in [1.165, 1.54) is 0 Å². The molecule has 1 N–H and O–H groups in total. The lowest BCUT2D eigenvalue weighted by Gasteiger charge is -2.15. The Morgan fingerprint density at radius 1 is 1.33 bits per heavy atom. The van der Waals surface area contributed by atoms with E-state index in [1.54, 1.807) is 6.20 Å². The maximum atomic E-state index is 4.40. The van der Waals surface area contributed by atoms with Gasteiger partial charge in [0.25, 0.3) is 0 Å². The third-order valence-corrected chi connectivity index (χ3v) is 2.59. The van der Waals surface area contributed by atoms with Crippen molar-refractivity contribution in [3.05, 3.63) is 40.7 Å². The lowest BCUT2D eigenvalue weighted by atomic mass is 10.1. The predicted octanol–water partition coefficient (Wildman–Crippen LogP) is -0.0681. The van der Waals surface area contributed by atoms with Crippen LogP contribution in [0.1, 0.15) is 6.42 Å². The summed E-state index contributed by atoms with van der Waals surface area (Å²) in [6, 6.07) is 4.04. The summed E-state index contributed by atoms with van der Waals surface area (Å²) in [6.07, 6.45) is 8.77. The van der Waals surface area contributed by atoms with E-state index >= 15 is 0 Å². The second kappa shape index (κ2) is 3.35. The number of aliphatic imine (C=N–C) groups is 1. The molecule has 0 aromatic carbocycles. The van der Waals surface area contributed by atoms with E-state index in [1.807, 2.05) is 18.4 Å². The van der Waals surface area contributed by atoms with Gasteiger partial charge in [-0.05, 0) is 24.6 Å². The van der Waals surface area contributed by atoms with E-state index in [0.717, 1.165) is 34.9 Å². The maximum absolute atomic E-state index is 4.40. The molecule has 3 rings (SSSR count). The number of nitrogens with zero attached hydrogens (tertiary/aromatic N) is 2. The first-order chi connectivity index (χ1) is 7.45. The number of hydrogen-bond acceptors (Lipinski definition) is 3. The number of pyridine rings is 1. The highest BCUT2D eigenvalue weighted by Crippen LogP contribution is 2.13. The van der Waals surface area contributed by atoms with Gasteiger partial charge in [-0.3, -0.25) is 9.98 Å². The Bertz CT molecular complexity index is 567. The fourth-order valence-electron chi connectivity index (χ4n) is 1.90. The molecule has 0 radical (unpaired) electrons. The topological polar surface area (TPSA) is 37.3 Å². The van der Waals surface area contributed by atoms with Crippen LogP contribution in [0.3, 0.4) is 0 Å². The van der Waals surface area contributed by atoms with Crippen LogP contribution in [0.2, 0.25) is 0 Å². The maximum Gasteiger partial charge on any atom is 0.0828 e. The second-order valence-corrected chi connectivity index (χ2v) is 3.56. The number of hydrogen-bond donors (Lipinski definition) is 1. The van der Waals surface area contributed by atoms with Gasteiger partial charge in [-0.2, -0.15) is 0 Å². The third-order valence-electron chi connectivity index (χ3n) is 2.59. The van der Waals surface area contributed by atoms with Crippen molar-refractivity contribution in [1.29, 1.82) is 0 Å². The van der Waals surface area contributed by atoms with Crippen LogP contribution in [-0.4, -0.2) is 17.7 Å². The first-order valence-corrected chi connectivity index (χ1v) is 5.09. The molecule has 3 nitrogen and oxygen atoms in total. The molecule has 3 heterocycles. The zero-order valence-corrected chi connectivity index (χ0v) is 8.27. The minimum Gasteiger partial charge on any atom is -0.382 e. The highest BCUT2D eigenvalue weighted by molar-refractivity contribution is 5.93. The summed E-state index contributed by atoms with van der Waals surface area (Å²) in [6.45, 7) is 0.975.